The highest BCUT2D eigenvalue weighted by molar-refractivity contribution is 6.09. The smallest absolute Gasteiger partial charge is 0.142 e. The number of pyridine rings is 2. The summed E-state index contributed by atoms with van der Waals surface area (Å²) in [5, 5.41) is 14.3. The summed E-state index contributed by atoms with van der Waals surface area (Å²) in [5.74, 6) is 0.818. The first kappa shape index (κ1) is 13.0. The largest absolute Gasteiger partial charge is 0.489 e. The van der Waals surface area contributed by atoms with E-state index in [2.05, 4.69) is 26.3 Å². The first-order valence-corrected chi connectivity index (χ1v) is 7.39. The standard InChI is InChI=1S/C16H15N5O/c17-8-10-7-12-13(9-20-10)21-16-15(12)14(3-6-19-16)22-11-1-4-18-5-2-11/h3,6-7,9,11,18H,1-2,4-5H2,(H,19,21). The lowest BCUT2D eigenvalue weighted by Crippen LogP contribution is -2.34. The fourth-order valence-electron chi connectivity index (χ4n) is 2.94. The Hall–Kier alpha value is -2.65. The molecule has 1 fully saturated rings. The zero-order chi connectivity index (χ0) is 14.9. The fourth-order valence-corrected chi connectivity index (χ4v) is 2.94. The van der Waals surface area contributed by atoms with Gasteiger partial charge in [0.1, 0.15) is 29.3 Å². The van der Waals surface area contributed by atoms with E-state index < -0.39 is 0 Å². The normalized spacial score (nSPS) is 16.0. The molecule has 22 heavy (non-hydrogen) atoms. The van der Waals surface area contributed by atoms with Crippen LogP contribution in [0.1, 0.15) is 18.5 Å². The molecule has 0 bridgehead atoms. The summed E-state index contributed by atoms with van der Waals surface area (Å²) in [5.41, 5.74) is 2.02. The molecule has 0 atom stereocenters. The van der Waals surface area contributed by atoms with E-state index in [-0.39, 0.29) is 6.10 Å². The van der Waals surface area contributed by atoms with Crippen molar-refractivity contribution >= 4 is 21.9 Å². The number of aromatic nitrogens is 3. The van der Waals surface area contributed by atoms with Crippen LogP contribution < -0.4 is 10.1 Å². The molecule has 0 saturated carbocycles. The number of piperidine rings is 1. The van der Waals surface area contributed by atoms with Crippen molar-refractivity contribution in [2.24, 2.45) is 0 Å². The third-order valence-corrected chi connectivity index (χ3v) is 4.03. The number of ether oxygens (including phenoxy) is 1. The average Bonchev–Trinajstić information content (AvgIpc) is 2.94. The SMILES string of the molecule is N#Cc1cc2c(cn1)[nH]c1nccc(OC3CCNCC3)c12. The number of fused-ring (bicyclic) bond motifs is 3. The van der Waals surface area contributed by atoms with Gasteiger partial charge < -0.3 is 15.0 Å². The van der Waals surface area contributed by atoms with E-state index >= 15 is 0 Å². The molecule has 0 amide bonds. The quantitative estimate of drug-likeness (QED) is 0.755. The van der Waals surface area contributed by atoms with Crippen LogP contribution in [-0.2, 0) is 0 Å². The Labute approximate surface area is 127 Å². The summed E-state index contributed by atoms with van der Waals surface area (Å²) >= 11 is 0. The van der Waals surface area contributed by atoms with Crippen molar-refractivity contribution in [3.05, 3.63) is 30.2 Å². The maximum absolute atomic E-state index is 9.06. The molecule has 0 aromatic carbocycles. The molecule has 1 aliphatic rings. The Morgan fingerprint density at radius 2 is 2.14 bits per heavy atom. The lowest BCUT2D eigenvalue weighted by molar-refractivity contribution is 0.164. The molecule has 110 valence electrons. The molecule has 1 saturated heterocycles. The van der Waals surface area contributed by atoms with Gasteiger partial charge in [0.25, 0.3) is 0 Å². The maximum atomic E-state index is 9.06. The second-order valence-electron chi connectivity index (χ2n) is 5.45. The molecule has 0 aliphatic carbocycles. The van der Waals surface area contributed by atoms with Crippen LogP contribution in [0.15, 0.2) is 24.5 Å². The van der Waals surface area contributed by atoms with Crippen LogP contribution in [0.25, 0.3) is 21.9 Å². The van der Waals surface area contributed by atoms with E-state index in [9.17, 15) is 0 Å². The molecule has 0 spiro atoms. The van der Waals surface area contributed by atoms with Crippen LogP contribution in [0.3, 0.4) is 0 Å². The highest BCUT2D eigenvalue weighted by atomic mass is 16.5. The van der Waals surface area contributed by atoms with E-state index in [1.807, 2.05) is 6.07 Å². The maximum Gasteiger partial charge on any atom is 0.142 e. The molecule has 4 rings (SSSR count). The first-order valence-electron chi connectivity index (χ1n) is 7.39. The number of nitrogens with zero attached hydrogens (tertiary/aromatic N) is 3. The number of H-pyrrole nitrogens is 1. The summed E-state index contributed by atoms with van der Waals surface area (Å²) in [7, 11) is 0. The molecule has 3 aromatic rings. The first-order chi connectivity index (χ1) is 10.8. The molecule has 6 heteroatoms. The van der Waals surface area contributed by atoms with Crippen LogP contribution in [0.4, 0.5) is 0 Å². The van der Waals surface area contributed by atoms with Gasteiger partial charge >= 0.3 is 0 Å². The molecular weight excluding hydrogens is 278 g/mol. The van der Waals surface area contributed by atoms with Gasteiger partial charge in [-0.3, -0.25) is 0 Å². The van der Waals surface area contributed by atoms with Crippen LogP contribution in [0.5, 0.6) is 5.75 Å². The number of aromatic amines is 1. The molecule has 6 nitrogen and oxygen atoms in total. The summed E-state index contributed by atoms with van der Waals surface area (Å²) in [6.45, 7) is 1.96. The minimum atomic E-state index is 0.217. The number of rotatable bonds is 2. The van der Waals surface area contributed by atoms with Gasteiger partial charge in [-0.25, -0.2) is 9.97 Å². The van der Waals surface area contributed by atoms with Crippen LogP contribution in [0, 0.1) is 11.3 Å². The van der Waals surface area contributed by atoms with E-state index in [4.69, 9.17) is 10.00 Å². The molecule has 2 N–H and O–H groups in total. The van der Waals surface area contributed by atoms with Gasteiger partial charge in [0.15, 0.2) is 0 Å². The lowest BCUT2D eigenvalue weighted by Gasteiger charge is -2.24. The molecule has 0 radical (unpaired) electrons. The molecular formula is C16H15N5O. The Balaban J connectivity index is 1.85. The van der Waals surface area contributed by atoms with E-state index in [1.165, 1.54) is 0 Å². The second-order valence-corrected chi connectivity index (χ2v) is 5.45. The summed E-state index contributed by atoms with van der Waals surface area (Å²) in [4.78, 5) is 11.7. The van der Waals surface area contributed by atoms with Crippen molar-refractivity contribution < 1.29 is 4.74 Å². The van der Waals surface area contributed by atoms with Gasteiger partial charge in [0.05, 0.1) is 17.1 Å². The predicted octanol–water partition coefficient (Wildman–Crippen LogP) is 2.11. The summed E-state index contributed by atoms with van der Waals surface area (Å²) < 4.78 is 6.21. The van der Waals surface area contributed by atoms with Crippen molar-refractivity contribution in [3.8, 4) is 11.8 Å². The van der Waals surface area contributed by atoms with E-state index in [0.717, 1.165) is 53.6 Å². The van der Waals surface area contributed by atoms with Gasteiger partial charge in [-0.15, -0.1) is 0 Å². The van der Waals surface area contributed by atoms with Crippen molar-refractivity contribution in [3.63, 3.8) is 0 Å². The summed E-state index contributed by atoms with van der Waals surface area (Å²) in [6, 6.07) is 5.76. The number of nitriles is 1. The molecule has 4 heterocycles. The van der Waals surface area contributed by atoms with Gasteiger partial charge in [0.2, 0.25) is 0 Å². The minimum Gasteiger partial charge on any atom is -0.489 e. The Morgan fingerprint density at radius 3 is 2.95 bits per heavy atom. The minimum absolute atomic E-state index is 0.217. The predicted molar refractivity (Wildman–Crippen MR) is 82.6 cm³/mol. The van der Waals surface area contributed by atoms with Gasteiger partial charge in [0, 0.05) is 11.6 Å². The van der Waals surface area contributed by atoms with Gasteiger partial charge in [-0.2, -0.15) is 5.26 Å². The third-order valence-electron chi connectivity index (χ3n) is 4.03. The monoisotopic (exact) mass is 293 g/mol. The van der Waals surface area contributed by atoms with E-state index in [1.54, 1.807) is 18.5 Å². The number of hydrogen-bond donors (Lipinski definition) is 2. The highest BCUT2D eigenvalue weighted by Crippen LogP contribution is 2.33. The average molecular weight is 293 g/mol. The Morgan fingerprint density at radius 1 is 1.27 bits per heavy atom. The fraction of sp³-hybridized carbons (Fsp3) is 0.312. The molecule has 1 aliphatic heterocycles. The summed E-state index contributed by atoms with van der Waals surface area (Å²) in [6.07, 6.45) is 5.62. The van der Waals surface area contributed by atoms with Gasteiger partial charge in [-0.05, 0) is 38.1 Å². The topological polar surface area (TPSA) is 86.6 Å². The third kappa shape index (κ3) is 2.16. The molecule has 3 aromatic heterocycles. The van der Waals surface area contributed by atoms with Crippen molar-refractivity contribution in [1.29, 1.82) is 5.26 Å². The van der Waals surface area contributed by atoms with Gasteiger partial charge in [-0.1, -0.05) is 0 Å². The Bertz CT molecular complexity index is 873. The highest BCUT2D eigenvalue weighted by Gasteiger charge is 2.18. The van der Waals surface area contributed by atoms with Crippen molar-refractivity contribution in [1.82, 2.24) is 20.3 Å². The zero-order valence-electron chi connectivity index (χ0n) is 12.0. The zero-order valence-corrected chi connectivity index (χ0v) is 12.0. The van der Waals surface area contributed by atoms with Crippen molar-refractivity contribution in [2.75, 3.05) is 13.1 Å². The van der Waals surface area contributed by atoms with Crippen LogP contribution in [-0.4, -0.2) is 34.1 Å². The Kier molecular flexibility index (Phi) is 3.13. The van der Waals surface area contributed by atoms with Crippen molar-refractivity contribution in [2.45, 2.75) is 18.9 Å². The van der Waals surface area contributed by atoms with Crippen LogP contribution in [0.2, 0.25) is 0 Å². The van der Waals surface area contributed by atoms with Crippen LogP contribution >= 0.6 is 0 Å². The lowest BCUT2D eigenvalue weighted by atomic mass is 10.1. The molecule has 0 unspecified atom stereocenters. The second kappa shape index (κ2) is 5.28. The van der Waals surface area contributed by atoms with E-state index in [0.29, 0.717) is 5.69 Å². The number of hydrogen-bond acceptors (Lipinski definition) is 5. The number of nitrogens with one attached hydrogen (secondary N) is 2.